The van der Waals surface area contributed by atoms with Crippen LogP contribution in [-0.4, -0.2) is 57.1 Å². The van der Waals surface area contributed by atoms with Crippen molar-refractivity contribution < 1.29 is 4.39 Å². The molecule has 9 heteroatoms. The highest BCUT2D eigenvalue weighted by atomic mass is 19.1. The van der Waals surface area contributed by atoms with Crippen molar-refractivity contribution in [2.75, 3.05) is 25.0 Å². The fourth-order valence-corrected chi connectivity index (χ4v) is 8.01. The lowest BCUT2D eigenvalue weighted by Gasteiger charge is -2.61. The molecular formula is C37H44FN7O. The lowest BCUT2D eigenvalue weighted by molar-refractivity contribution is -0.108. The maximum absolute atomic E-state index is 14.0. The fourth-order valence-electron chi connectivity index (χ4n) is 8.01. The molecule has 1 unspecified atom stereocenters. The third kappa shape index (κ3) is 5.81. The number of aryl methyl sites for hydroxylation is 1. The minimum absolute atomic E-state index is 0.111. The van der Waals surface area contributed by atoms with Gasteiger partial charge < -0.3 is 15.5 Å². The molecular weight excluding hydrogens is 577 g/mol. The second-order valence-corrected chi connectivity index (χ2v) is 14.1. The Morgan fingerprint density at radius 2 is 1.96 bits per heavy atom. The van der Waals surface area contributed by atoms with Gasteiger partial charge in [-0.05, 0) is 97.4 Å². The number of piperazine rings is 1. The third-order valence-corrected chi connectivity index (χ3v) is 10.9. The Morgan fingerprint density at radius 1 is 1.13 bits per heavy atom. The molecule has 2 N–H and O–H groups in total. The molecule has 3 heterocycles. The number of aromatic nitrogens is 3. The zero-order chi connectivity index (χ0) is 32.0. The number of benzene rings is 2. The van der Waals surface area contributed by atoms with Crippen molar-refractivity contribution in [1.82, 2.24) is 24.8 Å². The minimum Gasteiger partial charge on any atom is -0.340 e. The van der Waals surface area contributed by atoms with Gasteiger partial charge in [0.05, 0.1) is 16.9 Å². The molecule has 0 amide bonds. The monoisotopic (exact) mass is 621 g/mol. The summed E-state index contributed by atoms with van der Waals surface area (Å²) in [6, 6.07) is 16.6. The number of aliphatic imine (C=N–C) groups is 1. The van der Waals surface area contributed by atoms with E-state index in [0.29, 0.717) is 53.0 Å². The molecule has 3 saturated carbocycles. The highest BCUT2D eigenvalue weighted by Gasteiger charge is 2.56. The van der Waals surface area contributed by atoms with Crippen molar-refractivity contribution in [2.45, 2.75) is 65.6 Å². The lowest BCUT2D eigenvalue weighted by atomic mass is 9.45. The second kappa shape index (κ2) is 12.2. The van der Waals surface area contributed by atoms with Crippen molar-refractivity contribution >= 4 is 22.5 Å². The number of halogens is 1. The number of rotatable bonds is 6. The molecule has 1 aliphatic heterocycles. The molecule has 2 aromatic carbocycles. The minimum atomic E-state index is -0.276. The highest BCUT2D eigenvalue weighted by Crippen LogP contribution is 2.61. The SMILES string of the molecule is C[C@@H]1C(N=C(Nc2ccc3c(=O)n(CCc4ccc(F)cc4)c(-c4cccnc4)nc3c2)N2CCN[C@@H](C)C2)C[C@H]2C[C@@H]1C2(C)C. The van der Waals surface area contributed by atoms with Crippen molar-refractivity contribution in [1.29, 1.82) is 0 Å². The maximum Gasteiger partial charge on any atom is 0.261 e. The molecule has 0 spiro atoms. The van der Waals surface area contributed by atoms with Gasteiger partial charge in [0.2, 0.25) is 0 Å². The molecule has 4 fully saturated rings. The largest absolute Gasteiger partial charge is 0.340 e. The number of pyridine rings is 1. The van der Waals surface area contributed by atoms with Gasteiger partial charge in [-0.25, -0.2) is 14.4 Å². The van der Waals surface area contributed by atoms with Crippen LogP contribution < -0.4 is 16.2 Å². The first kappa shape index (κ1) is 30.5. The Bertz CT molecular complexity index is 1800. The number of anilines is 1. The van der Waals surface area contributed by atoms with Crippen molar-refractivity contribution in [3.8, 4) is 11.4 Å². The first-order valence-corrected chi connectivity index (χ1v) is 16.7. The summed E-state index contributed by atoms with van der Waals surface area (Å²) in [5.74, 6) is 3.17. The summed E-state index contributed by atoms with van der Waals surface area (Å²) in [5.41, 5.74) is 3.49. The Hall–Kier alpha value is -4.11. The Balaban J connectivity index is 1.23. The van der Waals surface area contributed by atoms with Crippen LogP contribution in [0.4, 0.5) is 10.1 Å². The molecule has 4 aliphatic rings. The van der Waals surface area contributed by atoms with E-state index in [2.05, 4.69) is 48.2 Å². The summed E-state index contributed by atoms with van der Waals surface area (Å²) in [6.07, 6.45) is 6.47. The van der Waals surface area contributed by atoms with Crippen LogP contribution in [0, 0.1) is 29.0 Å². The summed E-state index contributed by atoms with van der Waals surface area (Å²) >= 11 is 0. The Kier molecular flexibility index (Phi) is 8.13. The Labute approximate surface area is 270 Å². The summed E-state index contributed by atoms with van der Waals surface area (Å²) in [7, 11) is 0. The van der Waals surface area contributed by atoms with E-state index in [9.17, 15) is 9.18 Å². The number of nitrogens with one attached hydrogen (secondary N) is 2. The van der Waals surface area contributed by atoms with Gasteiger partial charge in [-0.2, -0.15) is 0 Å². The zero-order valence-electron chi connectivity index (χ0n) is 27.2. The van der Waals surface area contributed by atoms with E-state index in [1.54, 1.807) is 29.1 Å². The molecule has 0 radical (unpaired) electrons. The molecule has 3 aliphatic carbocycles. The standard InChI is InChI=1S/C37H44FN7O/c1-23-22-44(17-15-40-23)36(43-32-19-27-18-31(24(32)2)37(27,3)4)41-29-11-12-30-33(20-29)42-34(26-6-5-14-39-21-26)45(35(30)46)16-13-25-7-9-28(38)10-8-25/h5-12,14,20-21,23-24,27,31-32,40H,13,15-19,22H2,1-4H3,(H,41,43)/t23-,24-,27+,31-,32?/m0/s1. The van der Waals surface area contributed by atoms with E-state index in [-0.39, 0.29) is 17.4 Å². The van der Waals surface area contributed by atoms with Gasteiger partial charge >= 0.3 is 0 Å². The molecule has 5 atom stereocenters. The summed E-state index contributed by atoms with van der Waals surface area (Å²) in [4.78, 5) is 31.1. The van der Waals surface area contributed by atoms with E-state index in [4.69, 9.17) is 9.98 Å². The van der Waals surface area contributed by atoms with Gasteiger partial charge in [0.15, 0.2) is 5.96 Å². The van der Waals surface area contributed by atoms with Crippen molar-refractivity contribution in [3.63, 3.8) is 0 Å². The van der Waals surface area contributed by atoms with Crippen LogP contribution in [0.15, 0.2) is 76.8 Å². The van der Waals surface area contributed by atoms with E-state index >= 15 is 0 Å². The fraction of sp³-hybridized carbons (Fsp3) is 0.459. The number of fused-ring (bicyclic) bond motifs is 3. The van der Waals surface area contributed by atoms with Gasteiger partial charge in [0.1, 0.15) is 11.6 Å². The highest BCUT2D eigenvalue weighted by molar-refractivity contribution is 5.96. The number of guanidine groups is 1. The van der Waals surface area contributed by atoms with Crippen LogP contribution in [0.1, 0.15) is 46.1 Å². The van der Waals surface area contributed by atoms with Crippen LogP contribution >= 0.6 is 0 Å². The van der Waals surface area contributed by atoms with Crippen LogP contribution in [0.25, 0.3) is 22.3 Å². The van der Waals surface area contributed by atoms with Gasteiger partial charge in [0, 0.05) is 55.9 Å². The van der Waals surface area contributed by atoms with E-state index < -0.39 is 0 Å². The predicted octanol–water partition coefficient (Wildman–Crippen LogP) is 5.97. The van der Waals surface area contributed by atoms with E-state index in [1.807, 2.05) is 30.3 Å². The zero-order valence-corrected chi connectivity index (χ0v) is 27.2. The van der Waals surface area contributed by atoms with Crippen molar-refractivity contribution in [2.24, 2.45) is 28.2 Å². The molecule has 240 valence electrons. The number of hydrogen-bond donors (Lipinski definition) is 2. The molecule has 8 nitrogen and oxygen atoms in total. The maximum atomic E-state index is 14.0. The van der Waals surface area contributed by atoms with Gasteiger partial charge in [0.25, 0.3) is 5.56 Å². The second-order valence-electron chi connectivity index (χ2n) is 14.1. The smallest absolute Gasteiger partial charge is 0.261 e. The topological polar surface area (TPSA) is 87.4 Å². The molecule has 4 aromatic rings. The Morgan fingerprint density at radius 3 is 2.67 bits per heavy atom. The first-order valence-electron chi connectivity index (χ1n) is 16.7. The third-order valence-electron chi connectivity index (χ3n) is 10.9. The first-order chi connectivity index (χ1) is 22.2. The number of nitrogens with zero attached hydrogens (tertiary/aromatic N) is 5. The van der Waals surface area contributed by atoms with Crippen LogP contribution in [0.5, 0.6) is 0 Å². The number of hydrogen-bond acceptors (Lipinski definition) is 5. The molecule has 2 bridgehead atoms. The van der Waals surface area contributed by atoms with Gasteiger partial charge in [-0.15, -0.1) is 0 Å². The van der Waals surface area contributed by atoms with Crippen LogP contribution in [-0.2, 0) is 13.0 Å². The quantitative estimate of drug-likeness (QED) is 0.204. The molecule has 2 aromatic heterocycles. The lowest BCUT2D eigenvalue weighted by Crippen LogP contribution is -2.57. The average Bonchev–Trinajstić information content (AvgIpc) is 3.05. The van der Waals surface area contributed by atoms with Gasteiger partial charge in [-0.1, -0.05) is 32.9 Å². The normalized spacial score (nSPS) is 25.7. The molecule has 46 heavy (non-hydrogen) atoms. The van der Waals surface area contributed by atoms with E-state index in [1.165, 1.54) is 18.6 Å². The van der Waals surface area contributed by atoms with E-state index in [0.717, 1.165) is 54.7 Å². The predicted molar refractivity (Wildman–Crippen MR) is 182 cm³/mol. The van der Waals surface area contributed by atoms with Gasteiger partial charge in [-0.3, -0.25) is 14.3 Å². The van der Waals surface area contributed by atoms with Crippen molar-refractivity contribution in [3.05, 3.63) is 88.7 Å². The van der Waals surface area contributed by atoms with Crippen LogP contribution in [0.3, 0.4) is 0 Å². The molecule has 1 saturated heterocycles. The molecule has 8 rings (SSSR count). The summed E-state index contributed by atoms with van der Waals surface area (Å²) in [5, 5.41) is 7.79. The summed E-state index contributed by atoms with van der Waals surface area (Å²) < 4.78 is 15.2. The average molecular weight is 622 g/mol. The summed E-state index contributed by atoms with van der Waals surface area (Å²) in [6.45, 7) is 12.5. The van der Waals surface area contributed by atoms with Crippen LogP contribution in [0.2, 0.25) is 0 Å².